The largest absolute Gasteiger partial charge is 0.489 e. The summed E-state index contributed by atoms with van der Waals surface area (Å²) in [5, 5.41) is 4.28. The Bertz CT molecular complexity index is 640. The fraction of sp³-hybridized carbons (Fsp3) is 0.368. The average Bonchev–Trinajstić information content (AvgIpc) is 3.36. The van der Waals surface area contributed by atoms with Gasteiger partial charge in [0.2, 0.25) is 0 Å². The summed E-state index contributed by atoms with van der Waals surface area (Å²) in [6.07, 6.45) is 4.11. The molecule has 0 radical (unpaired) electrons. The topological polar surface area (TPSA) is 21.3 Å². The maximum Gasteiger partial charge on any atom is 0.124 e. The van der Waals surface area contributed by atoms with E-state index < -0.39 is 0 Å². The standard InChI is InChI=1S/C19H21BrClNO/c20-17-5-8-19(23-13-15-3-6-18(21)7-4-15)16(11-17)12-22-10-9-14-1-2-14/h3-8,11,14,22H,1-2,9-10,12-13H2. The van der Waals surface area contributed by atoms with E-state index >= 15 is 0 Å². The lowest BCUT2D eigenvalue weighted by molar-refractivity contribution is 0.302. The Morgan fingerprint density at radius 2 is 1.91 bits per heavy atom. The van der Waals surface area contributed by atoms with Gasteiger partial charge in [-0.25, -0.2) is 0 Å². The van der Waals surface area contributed by atoms with E-state index in [1.165, 1.54) is 24.8 Å². The molecule has 0 saturated heterocycles. The van der Waals surface area contributed by atoms with E-state index in [1.807, 2.05) is 36.4 Å². The molecule has 1 aliphatic carbocycles. The van der Waals surface area contributed by atoms with Crippen LogP contribution in [0.4, 0.5) is 0 Å². The van der Waals surface area contributed by atoms with E-state index in [4.69, 9.17) is 16.3 Å². The van der Waals surface area contributed by atoms with Crippen LogP contribution in [0.25, 0.3) is 0 Å². The maximum absolute atomic E-state index is 6.00. The molecule has 1 saturated carbocycles. The summed E-state index contributed by atoms with van der Waals surface area (Å²) >= 11 is 9.46. The Hall–Kier alpha value is -1.03. The summed E-state index contributed by atoms with van der Waals surface area (Å²) in [5.41, 5.74) is 2.30. The van der Waals surface area contributed by atoms with Gasteiger partial charge in [0.25, 0.3) is 0 Å². The Morgan fingerprint density at radius 3 is 2.65 bits per heavy atom. The molecule has 0 atom stereocenters. The van der Waals surface area contributed by atoms with Crippen LogP contribution in [0.5, 0.6) is 5.75 Å². The highest BCUT2D eigenvalue weighted by Gasteiger charge is 2.20. The van der Waals surface area contributed by atoms with Crippen molar-refractivity contribution in [3.8, 4) is 5.75 Å². The molecule has 0 bridgehead atoms. The van der Waals surface area contributed by atoms with Crippen molar-refractivity contribution in [3.05, 3.63) is 63.1 Å². The molecule has 0 amide bonds. The Kier molecular flexibility index (Phi) is 5.98. The second-order valence-corrected chi connectivity index (χ2v) is 7.43. The van der Waals surface area contributed by atoms with Gasteiger partial charge in [0.1, 0.15) is 12.4 Å². The minimum atomic E-state index is 0.549. The summed E-state index contributed by atoms with van der Waals surface area (Å²) in [5.74, 6) is 1.90. The lowest BCUT2D eigenvalue weighted by Crippen LogP contribution is -2.16. The van der Waals surface area contributed by atoms with Gasteiger partial charge in [-0.2, -0.15) is 0 Å². The van der Waals surface area contributed by atoms with Crippen molar-refractivity contribution in [1.82, 2.24) is 5.32 Å². The molecule has 0 spiro atoms. The Balaban J connectivity index is 1.57. The molecule has 2 nitrogen and oxygen atoms in total. The van der Waals surface area contributed by atoms with E-state index in [1.54, 1.807) is 0 Å². The number of halogens is 2. The predicted octanol–water partition coefficient (Wildman–Crippen LogP) is 5.57. The first-order valence-electron chi connectivity index (χ1n) is 8.07. The number of hydrogen-bond donors (Lipinski definition) is 1. The van der Waals surface area contributed by atoms with Crippen molar-refractivity contribution in [1.29, 1.82) is 0 Å². The predicted molar refractivity (Wildman–Crippen MR) is 99.0 cm³/mol. The minimum Gasteiger partial charge on any atom is -0.489 e. The van der Waals surface area contributed by atoms with Gasteiger partial charge < -0.3 is 10.1 Å². The molecule has 1 fully saturated rings. The van der Waals surface area contributed by atoms with Gasteiger partial charge in [-0.1, -0.05) is 52.5 Å². The first kappa shape index (κ1) is 16.8. The van der Waals surface area contributed by atoms with Crippen LogP contribution in [0.3, 0.4) is 0 Å². The lowest BCUT2D eigenvalue weighted by atomic mass is 10.2. The van der Waals surface area contributed by atoms with E-state index in [0.717, 1.165) is 39.8 Å². The van der Waals surface area contributed by atoms with Crippen molar-refractivity contribution in [3.63, 3.8) is 0 Å². The van der Waals surface area contributed by atoms with Crippen LogP contribution in [0, 0.1) is 5.92 Å². The molecule has 2 aromatic rings. The average molecular weight is 395 g/mol. The summed E-state index contributed by atoms with van der Waals surface area (Å²) in [6, 6.07) is 13.9. The molecular weight excluding hydrogens is 374 g/mol. The molecule has 1 N–H and O–H groups in total. The highest BCUT2D eigenvalue weighted by atomic mass is 79.9. The van der Waals surface area contributed by atoms with Gasteiger partial charge >= 0.3 is 0 Å². The highest BCUT2D eigenvalue weighted by molar-refractivity contribution is 9.10. The minimum absolute atomic E-state index is 0.549. The number of rotatable bonds is 8. The van der Waals surface area contributed by atoms with Crippen LogP contribution < -0.4 is 10.1 Å². The van der Waals surface area contributed by atoms with E-state index in [9.17, 15) is 0 Å². The fourth-order valence-electron chi connectivity index (χ4n) is 2.50. The SMILES string of the molecule is Clc1ccc(COc2ccc(Br)cc2CNCCC2CC2)cc1. The monoisotopic (exact) mass is 393 g/mol. The van der Waals surface area contributed by atoms with Crippen LogP contribution in [0.15, 0.2) is 46.9 Å². The first-order chi connectivity index (χ1) is 11.2. The Labute approximate surface area is 151 Å². The quantitative estimate of drug-likeness (QED) is 0.591. The molecule has 2 aromatic carbocycles. The van der Waals surface area contributed by atoms with E-state index in [2.05, 4.69) is 27.3 Å². The Morgan fingerprint density at radius 1 is 1.13 bits per heavy atom. The number of hydrogen-bond acceptors (Lipinski definition) is 2. The second kappa shape index (κ2) is 8.18. The maximum atomic E-state index is 6.00. The summed E-state index contributed by atoms with van der Waals surface area (Å²) in [7, 11) is 0. The van der Waals surface area contributed by atoms with E-state index in [-0.39, 0.29) is 0 Å². The van der Waals surface area contributed by atoms with Crippen LogP contribution >= 0.6 is 27.5 Å². The van der Waals surface area contributed by atoms with E-state index in [0.29, 0.717) is 6.61 Å². The van der Waals surface area contributed by atoms with Crippen molar-refractivity contribution in [2.75, 3.05) is 6.54 Å². The zero-order chi connectivity index (χ0) is 16.1. The van der Waals surface area contributed by atoms with Gasteiger partial charge in [-0.05, 0) is 54.8 Å². The molecule has 23 heavy (non-hydrogen) atoms. The highest BCUT2D eigenvalue weighted by Crippen LogP contribution is 2.31. The van der Waals surface area contributed by atoms with Crippen molar-refractivity contribution in [2.45, 2.75) is 32.4 Å². The molecule has 0 heterocycles. The normalized spacial score (nSPS) is 14.0. The van der Waals surface area contributed by atoms with Gasteiger partial charge in [-0.3, -0.25) is 0 Å². The fourth-order valence-corrected chi connectivity index (χ4v) is 3.04. The summed E-state index contributed by atoms with van der Waals surface area (Å²) in [4.78, 5) is 0. The summed E-state index contributed by atoms with van der Waals surface area (Å²) < 4.78 is 7.08. The first-order valence-corrected chi connectivity index (χ1v) is 9.24. The third-order valence-corrected chi connectivity index (χ3v) is 4.82. The van der Waals surface area contributed by atoms with Crippen LogP contribution in [-0.4, -0.2) is 6.54 Å². The lowest BCUT2D eigenvalue weighted by Gasteiger charge is -2.13. The van der Waals surface area contributed by atoms with Crippen molar-refractivity contribution in [2.24, 2.45) is 5.92 Å². The summed E-state index contributed by atoms with van der Waals surface area (Å²) in [6.45, 7) is 2.46. The smallest absolute Gasteiger partial charge is 0.124 e. The van der Waals surface area contributed by atoms with Crippen molar-refractivity contribution >= 4 is 27.5 Å². The van der Waals surface area contributed by atoms with Gasteiger partial charge in [-0.15, -0.1) is 0 Å². The zero-order valence-corrected chi connectivity index (χ0v) is 15.4. The number of benzene rings is 2. The van der Waals surface area contributed by atoms with Crippen molar-refractivity contribution < 1.29 is 4.74 Å². The molecule has 0 aliphatic heterocycles. The molecular formula is C19H21BrClNO. The number of ether oxygens (including phenoxy) is 1. The molecule has 1 aliphatic rings. The van der Waals surface area contributed by atoms with Gasteiger partial charge in [0, 0.05) is 21.6 Å². The van der Waals surface area contributed by atoms with Crippen LogP contribution in [-0.2, 0) is 13.2 Å². The number of nitrogens with one attached hydrogen (secondary N) is 1. The van der Waals surface area contributed by atoms with Crippen LogP contribution in [0.1, 0.15) is 30.4 Å². The molecule has 4 heteroatoms. The van der Waals surface area contributed by atoms with Gasteiger partial charge in [0.05, 0.1) is 0 Å². The second-order valence-electron chi connectivity index (χ2n) is 6.08. The third-order valence-electron chi connectivity index (χ3n) is 4.07. The zero-order valence-electron chi connectivity index (χ0n) is 13.0. The molecule has 3 rings (SSSR count). The van der Waals surface area contributed by atoms with Gasteiger partial charge in [0.15, 0.2) is 0 Å². The third kappa shape index (κ3) is 5.52. The molecule has 0 aromatic heterocycles. The molecule has 0 unspecified atom stereocenters. The molecule has 122 valence electrons. The van der Waals surface area contributed by atoms with Crippen LogP contribution in [0.2, 0.25) is 5.02 Å².